The highest BCUT2D eigenvalue weighted by Crippen LogP contribution is 2.28. The fraction of sp³-hybridized carbons (Fsp3) is 0.0870. The van der Waals surface area contributed by atoms with E-state index in [4.69, 9.17) is 0 Å². The summed E-state index contributed by atoms with van der Waals surface area (Å²) in [5, 5.41) is 12.1. The predicted molar refractivity (Wildman–Crippen MR) is 117 cm³/mol. The van der Waals surface area contributed by atoms with Crippen molar-refractivity contribution < 1.29 is 9.18 Å². The Bertz CT molecular complexity index is 1140. The first kappa shape index (κ1) is 19.8. The van der Waals surface area contributed by atoms with Crippen molar-refractivity contribution in [3.63, 3.8) is 0 Å². The van der Waals surface area contributed by atoms with Gasteiger partial charge in [-0.2, -0.15) is 0 Å². The number of halogens is 1. The highest BCUT2D eigenvalue weighted by Gasteiger charge is 2.17. The zero-order chi connectivity index (χ0) is 20.9. The van der Waals surface area contributed by atoms with Crippen LogP contribution in [-0.2, 0) is 4.79 Å². The van der Waals surface area contributed by atoms with Gasteiger partial charge in [-0.1, -0.05) is 59.8 Å². The lowest BCUT2D eigenvalue weighted by Crippen LogP contribution is -2.14. The molecule has 0 spiro atoms. The Morgan fingerprint density at radius 1 is 0.967 bits per heavy atom. The van der Waals surface area contributed by atoms with E-state index in [1.54, 1.807) is 0 Å². The van der Waals surface area contributed by atoms with E-state index in [0.29, 0.717) is 16.7 Å². The average molecular weight is 418 g/mol. The quantitative estimate of drug-likeness (QED) is 0.442. The maximum Gasteiger partial charge on any atom is 0.234 e. The van der Waals surface area contributed by atoms with Gasteiger partial charge in [-0.05, 0) is 43.3 Å². The van der Waals surface area contributed by atoms with Gasteiger partial charge in [0.1, 0.15) is 5.82 Å². The molecule has 0 unspecified atom stereocenters. The van der Waals surface area contributed by atoms with E-state index in [2.05, 4.69) is 15.5 Å². The third kappa shape index (κ3) is 4.58. The molecule has 30 heavy (non-hydrogen) atoms. The first-order valence-corrected chi connectivity index (χ1v) is 10.3. The molecule has 0 bridgehead atoms. The molecule has 150 valence electrons. The van der Waals surface area contributed by atoms with E-state index in [1.807, 2.05) is 66.1 Å². The van der Waals surface area contributed by atoms with Crippen LogP contribution in [0.4, 0.5) is 10.1 Å². The molecular weight excluding hydrogens is 399 g/mol. The molecule has 1 aromatic heterocycles. The second-order valence-corrected chi connectivity index (χ2v) is 7.63. The molecule has 0 radical (unpaired) electrons. The number of para-hydroxylation sites is 1. The topological polar surface area (TPSA) is 59.8 Å². The zero-order valence-electron chi connectivity index (χ0n) is 16.2. The molecule has 4 aromatic rings. The number of nitrogens with zero attached hydrogens (tertiary/aromatic N) is 3. The second kappa shape index (κ2) is 8.92. The van der Waals surface area contributed by atoms with Crippen LogP contribution in [0.15, 0.2) is 84.0 Å². The molecular formula is C23H19FN4OS. The first-order valence-electron chi connectivity index (χ1n) is 9.36. The zero-order valence-corrected chi connectivity index (χ0v) is 17.1. The lowest BCUT2D eigenvalue weighted by atomic mass is 10.1. The average Bonchev–Trinajstić information content (AvgIpc) is 3.19. The monoisotopic (exact) mass is 418 g/mol. The number of amides is 1. The summed E-state index contributed by atoms with van der Waals surface area (Å²) < 4.78 is 15.0. The molecule has 3 aromatic carbocycles. The van der Waals surface area contributed by atoms with Gasteiger partial charge in [0.15, 0.2) is 11.0 Å². The fourth-order valence-corrected chi connectivity index (χ4v) is 3.68. The summed E-state index contributed by atoms with van der Waals surface area (Å²) in [5.41, 5.74) is 3.57. The number of aromatic nitrogens is 3. The van der Waals surface area contributed by atoms with Gasteiger partial charge in [0.2, 0.25) is 5.91 Å². The van der Waals surface area contributed by atoms with Crippen molar-refractivity contribution in [3.05, 3.63) is 90.2 Å². The van der Waals surface area contributed by atoms with Crippen LogP contribution < -0.4 is 5.32 Å². The molecule has 0 aliphatic carbocycles. The van der Waals surface area contributed by atoms with Gasteiger partial charge in [-0.3, -0.25) is 9.36 Å². The Kier molecular flexibility index (Phi) is 5.90. The van der Waals surface area contributed by atoms with Gasteiger partial charge in [0, 0.05) is 16.9 Å². The van der Waals surface area contributed by atoms with Crippen molar-refractivity contribution in [1.82, 2.24) is 14.8 Å². The number of carbonyl (C=O) groups is 1. The lowest BCUT2D eigenvalue weighted by molar-refractivity contribution is -0.113. The van der Waals surface area contributed by atoms with E-state index in [9.17, 15) is 9.18 Å². The van der Waals surface area contributed by atoms with Crippen LogP contribution in [0.3, 0.4) is 0 Å². The van der Waals surface area contributed by atoms with Gasteiger partial charge in [0.25, 0.3) is 0 Å². The standard InChI is InChI=1S/C23H19FN4OS/c1-16-7-9-17(10-8-16)22-26-27-23(28(22)20-5-3-2-4-6-20)30-15-21(29)25-19-13-11-18(24)12-14-19/h2-14H,15H2,1H3,(H,25,29). The molecule has 0 aliphatic heterocycles. The summed E-state index contributed by atoms with van der Waals surface area (Å²) in [7, 11) is 0. The minimum Gasteiger partial charge on any atom is -0.325 e. The number of benzene rings is 3. The normalized spacial score (nSPS) is 10.7. The summed E-state index contributed by atoms with van der Waals surface area (Å²) in [6.07, 6.45) is 0. The van der Waals surface area contributed by atoms with Crippen LogP contribution in [-0.4, -0.2) is 26.4 Å². The number of thioether (sulfide) groups is 1. The largest absolute Gasteiger partial charge is 0.325 e. The van der Waals surface area contributed by atoms with Gasteiger partial charge in [-0.15, -0.1) is 10.2 Å². The minimum absolute atomic E-state index is 0.149. The summed E-state index contributed by atoms with van der Waals surface area (Å²) in [4.78, 5) is 12.3. The van der Waals surface area contributed by atoms with E-state index < -0.39 is 0 Å². The minimum atomic E-state index is -0.345. The molecule has 7 heteroatoms. The van der Waals surface area contributed by atoms with Crippen LogP contribution in [0, 0.1) is 12.7 Å². The highest BCUT2D eigenvalue weighted by atomic mass is 32.2. The summed E-state index contributed by atoms with van der Waals surface area (Å²) >= 11 is 1.29. The number of aryl methyl sites for hydroxylation is 1. The molecule has 0 fully saturated rings. The van der Waals surface area contributed by atoms with Gasteiger partial charge in [-0.25, -0.2) is 4.39 Å². The maximum atomic E-state index is 13.0. The van der Waals surface area contributed by atoms with Crippen molar-refractivity contribution in [1.29, 1.82) is 0 Å². The molecule has 0 aliphatic rings. The number of anilines is 1. The van der Waals surface area contributed by atoms with Crippen LogP contribution in [0.25, 0.3) is 17.1 Å². The van der Waals surface area contributed by atoms with Crippen LogP contribution >= 0.6 is 11.8 Å². The molecule has 1 heterocycles. The van der Waals surface area contributed by atoms with E-state index in [1.165, 1.54) is 36.0 Å². The molecule has 1 amide bonds. The summed E-state index contributed by atoms with van der Waals surface area (Å²) in [5.74, 6) is 0.312. The first-order chi connectivity index (χ1) is 14.6. The van der Waals surface area contributed by atoms with Crippen LogP contribution in [0.2, 0.25) is 0 Å². The molecule has 0 atom stereocenters. The Morgan fingerprint density at radius 3 is 2.37 bits per heavy atom. The number of hydrogen-bond donors (Lipinski definition) is 1. The Labute approximate surface area is 178 Å². The Hall–Kier alpha value is -3.45. The SMILES string of the molecule is Cc1ccc(-c2nnc(SCC(=O)Nc3ccc(F)cc3)n2-c2ccccc2)cc1. The number of rotatable bonds is 6. The fourth-order valence-electron chi connectivity index (χ4n) is 2.92. The van der Waals surface area contributed by atoms with Crippen LogP contribution in [0.1, 0.15) is 5.56 Å². The molecule has 1 N–H and O–H groups in total. The van der Waals surface area contributed by atoms with Crippen molar-refractivity contribution >= 4 is 23.4 Å². The van der Waals surface area contributed by atoms with Gasteiger partial charge >= 0.3 is 0 Å². The van der Waals surface area contributed by atoms with Gasteiger partial charge in [0.05, 0.1) is 5.75 Å². The Morgan fingerprint density at radius 2 is 1.67 bits per heavy atom. The number of nitrogens with one attached hydrogen (secondary N) is 1. The van der Waals surface area contributed by atoms with E-state index in [0.717, 1.165) is 16.8 Å². The third-order valence-electron chi connectivity index (χ3n) is 4.42. The number of hydrogen-bond acceptors (Lipinski definition) is 4. The van der Waals surface area contributed by atoms with Gasteiger partial charge < -0.3 is 5.32 Å². The van der Waals surface area contributed by atoms with Crippen molar-refractivity contribution in [3.8, 4) is 17.1 Å². The summed E-state index contributed by atoms with van der Waals surface area (Å²) in [6, 6.07) is 23.5. The summed E-state index contributed by atoms with van der Waals surface area (Å²) in [6.45, 7) is 2.03. The molecule has 0 saturated carbocycles. The molecule has 0 saturated heterocycles. The van der Waals surface area contributed by atoms with E-state index in [-0.39, 0.29) is 17.5 Å². The smallest absolute Gasteiger partial charge is 0.234 e. The lowest BCUT2D eigenvalue weighted by Gasteiger charge is -2.10. The third-order valence-corrected chi connectivity index (χ3v) is 5.35. The predicted octanol–water partition coefficient (Wildman–Crippen LogP) is 5.11. The second-order valence-electron chi connectivity index (χ2n) is 6.69. The van der Waals surface area contributed by atoms with E-state index >= 15 is 0 Å². The van der Waals surface area contributed by atoms with Crippen LogP contribution in [0.5, 0.6) is 0 Å². The van der Waals surface area contributed by atoms with Crippen molar-refractivity contribution in [2.75, 3.05) is 11.1 Å². The highest BCUT2D eigenvalue weighted by molar-refractivity contribution is 7.99. The maximum absolute atomic E-state index is 13.0. The van der Waals surface area contributed by atoms with Crippen molar-refractivity contribution in [2.24, 2.45) is 0 Å². The number of carbonyl (C=O) groups excluding carboxylic acids is 1. The molecule has 4 rings (SSSR count). The Balaban J connectivity index is 1.57. The molecule has 5 nitrogen and oxygen atoms in total. The van der Waals surface area contributed by atoms with Crippen molar-refractivity contribution in [2.45, 2.75) is 12.1 Å².